The minimum atomic E-state index is -4.19. The van der Waals surface area contributed by atoms with Gasteiger partial charge >= 0.3 is 0 Å². The van der Waals surface area contributed by atoms with Gasteiger partial charge in [0.2, 0.25) is 0 Å². The number of nitro benzene ring substituents is 1. The number of anilines is 2. The summed E-state index contributed by atoms with van der Waals surface area (Å²) in [6.07, 6.45) is 0. The molecule has 11 heteroatoms. The molecule has 0 aliphatic rings. The van der Waals surface area contributed by atoms with Crippen molar-refractivity contribution < 1.29 is 13.3 Å². The van der Waals surface area contributed by atoms with Gasteiger partial charge in [-0.15, -0.1) is 0 Å². The fourth-order valence-corrected chi connectivity index (χ4v) is 4.91. The van der Waals surface area contributed by atoms with E-state index in [9.17, 15) is 18.5 Å². The first-order valence-electron chi connectivity index (χ1n) is 9.62. The van der Waals surface area contributed by atoms with Crippen LogP contribution in [0.25, 0.3) is 0 Å². The smallest absolute Gasteiger partial charge is 0.270 e. The van der Waals surface area contributed by atoms with Crippen molar-refractivity contribution >= 4 is 56.0 Å². The number of sulfonamides is 1. The molecule has 3 rings (SSSR count). The van der Waals surface area contributed by atoms with Crippen LogP contribution >= 0.6 is 23.2 Å². The predicted octanol–water partition coefficient (Wildman–Crippen LogP) is 6.16. The van der Waals surface area contributed by atoms with E-state index in [2.05, 4.69) is 15.2 Å². The average Bonchev–Trinajstić information content (AvgIpc) is 2.73. The molecular weight excluding hydrogens is 487 g/mol. The number of nitro groups is 1. The first-order chi connectivity index (χ1) is 15.5. The number of hydrogen-bond acceptors (Lipinski definition) is 6. The number of nitrogens with zero attached hydrogens (tertiary/aromatic N) is 2. The minimum Gasteiger partial charge on any atom is -0.279 e. The van der Waals surface area contributed by atoms with Gasteiger partial charge in [0, 0.05) is 22.7 Å². The molecule has 0 spiro atoms. The van der Waals surface area contributed by atoms with Crippen LogP contribution in [0.2, 0.25) is 10.0 Å². The molecular formula is C22H20Cl2N4O4S. The van der Waals surface area contributed by atoms with Gasteiger partial charge in [0.05, 0.1) is 27.0 Å². The summed E-state index contributed by atoms with van der Waals surface area (Å²) in [6, 6.07) is 13.6. The second kappa shape index (κ2) is 9.78. The molecule has 0 atom stereocenters. The standard InChI is InChI=1S/C22H20Cl2N4O4S/c1-13-4-8-20(14(2)10-13)27-33(31,32)22-12-17(28(29)30)6-9-21(22)26-25-15(3)18-7-5-16(23)11-19(18)24/h4-12,26-27H,1-3H3/b25-15-. The monoisotopic (exact) mass is 506 g/mol. The lowest BCUT2D eigenvalue weighted by molar-refractivity contribution is -0.385. The summed E-state index contributed by atoms with van der Waals surface area (Å²) in [5, 5.41) is 16.3. The number of rotatable bonds is 7. The Kier molecular flexibility index (Phi) is 7.26. The summed E-state index contributed by atoms with van der Waals surface area (Å²) in [5.41, 5.74) is 5.48. The molecule has 3 aromatic rings. The third kappa shape index (κ3) is 5.81. The van der Waals surface area contributed by atoms with Crippen LogP contribution in [-0.2, 0) is 10.0 Å². The Balaban J connectivity index is 2.01. The molecule has 172 valence electrons. The first kappa shape index (κ1) is 24.5. The Hall–Kier alpha value is -3.14. The van der Waals surface area contributed by atoms with Gasteiger partial charge in [0.25, 0.3) is 15.7 Å². The topological polar surface area (TPSA) is 114 Å². The lowest BCUT2D eigenvalue weighted by Crippen LogP contribution is -2.16. The van der Waals surface area contributed by atoms with Crippen molar-refractivity contribution in [3.63, 3.8) is 0 Å². The lowest BCUT2D eigenvalue weighted by Gasteiger charge is -2.14. The summed E-state index contributed by atoms with van der Waals surface area (Å²) in [4.78, 5) is 10.3. The fraction of sp³-hybridized carbons (Fsp3) is 0.136. The zero-order chi connectivity index (χ0) is 24.3. The van der Waals surface area contributed by atoms with E-state index in [-0.39, 0.29) is 16.3 Å². The number of benzene rings is 3. The Morgan fingerprint density at radius 1 is 1.00 bits per heavy atom. The van der Waals surface area contributed by atoms with E-state index in [0.717, 1.165) is 11.6 Å². The zero-order valence-corrected chi connectivity index (χ0v) is 20.2. The van der Waals surface area contributed by atoms with Gasteiger partial charge in [-0.2, -0.15) is 5.10 Å². The molecule has 0 heterocycles. The Bertz CT molecular complexity index is 1370. The maximum absolute atomic E-state index is 13.2. The quantitative estimate of drug-likeness (QED) is 0.226. The molecule has 0 saturated heterocycles. The first-order valence-corrected chi connectivity index (χ1v) is 11.9. The number of hydrogen-bond donors (Lipinski definition) is 2. The van der Waals surface area contributed by atoms with Crippen molar-refractivity contribution in [3.8, 4) is 0 Å². The Labute approximate surface area is 201 Å². The summed E-state index contributed by atoms with van der Waals surface area (Å²) >= 11 is 12.1. The van der Waals surface area contributed by atoms with Crippen LogP contribution in [0, 0.1) is 24.0 Å². The van der Waals surface area contributed by atoms with E-state index < -0.39 is 14.9 Å². The van der Waals surface area contributed by atoms with Crippen LogP contribution in [0.5, 0.6) is 0 Å². The second-order valence-electron chi connectivity index (χ2n) is 7.29. The highest BCUT2D eigenvalue weighted by Gasteiger charge is 2.23. The van der Waals surface area contributed by atoms with Crippen LogP contribution in [0.4, 0.5) is 17.1 Å². The normalized spacial score (nSPS) is 11.8. The maximum Gasteiger partial charge on any atom is 0.270 e. The number of hydrazone groups is 1. The summed E-state index contributed by atoms with van der Waals surface area (Å²) in [6.45, 7) is 5.33. The molecule has 3 aromatic carbocycles. The molecule has 0 radical (unpaired) electrons. The Morgan fingerprint density at radius 2 is 1.70 bits per heavy atom. The molecule has 0 saturated carbocycles. The van der Waals surface area contributed by atoms with Gasteiger partial charge in [-0.25, -0.2) is 8.42 Å². The maximum atomic E-state index is 13.2. The van der Waals surface area contributed by atoms with Crippen molar-refractivity contribution in [2.24, 2.45) is 5.10 Å². The summed E-state index contributed by atoms with van der Waals surface area (Å²) < 4.78 is 28.9. The highest BCUT2D eigenvalue weighted by molar-refractivity contribution is 7.92. The van der Waals surface area contributed by atoms with E-state index in [1.54, 1.807) is 44.2 Å². The number of non-ortho nitro benzene ring substituents is 1. The third-order valence-electron chi connectivity index (χ3n) is 4.76. The van der Waals surface area contributed by atoms with Crippen LogP contribution in [0.1, 0.15) is 23.6 Å². The van der Waals surface area contributed by atoms with Crippen LogP contribution in [-0.4, -0.2) is 19.1 Å². The summed E-state index contributed by atoms with van der Waals surface area (Å²) in [5.74, 6) is 0. The predicted molar refractivity (Wildman–Crippen MR) is 132 cm³/mol. The van der Waals surface area contributed by atoms with Crippen molar-refractivity contribution in [2.45, 2.75) is 25.7 Å². The van der Waals surface area contributed by atoms with Crippen LogP contribution in [0.15, 0.2) is 64.6 Å². The second-order valence-corrected chi connectivity index (χ2v) is 9.79. The van der Waals surface area contributed by atoms with Gasteiger partial charge in [-0.3, -0.25) is 20.3 Å². The largest absolute Gasteiger partial charge is 0.279 e. The molecule has 0 unspecified atom stereocenters. The van der Waals surface area contributed by atoms with Gasteiger partial charge in [0.15, 0.2) is 0 Å². The van der Waals surface area contributed by atoms with E-state index in [1.807, 2.05) is 13.0 Å². The lowest BCUT2D eigenvalue weighted by atomic mass is 10.1. The number of nitrogens with one attached hydrogen (secondary N) is 2. The van der Waals surface area contributed by atoms with E-state index in [1.165, 1.54) is 12.1 Å². The van der Waals surface area contributed by atoms with Crippen molar-refractivity contribution in [3.05, 3.63) is 91.4 Å². The highest BCUT2D eigenvalue weighted by atomic mass is 35.5. The molecule has 0 aliphatic carbocycles. The SMILES string of the molecule is C/C(=N/Nc1ccc([N+](=O)[O-])cc1S(=O)(=O)Nc1ccc(C)cc1C)c1ccc(Cl)cc1Cl. The van der Waals surface area contributed by atoms with Crippen molar-refractivity contribution in [1.29, 1.82) is 0 Å². The van der Waals surface area contributed by atoms with Gasteiger partial charge in [-0.1, -0.05) is 47.0 Å². The molecule has 0 amide bonds. The molecule has 0 fully saturated rings. The van der Waals surface area contributed by atoms with E-state index in [0.29, 0.717) is 32.6 Å². The minimum absolute atomic E-state index is 0.0577. The molecule has 2 N–H and O–H groups in total. The van der Waals surface area contributed by atoms with Crippen LogP contribution < -0.4 is 10.1 Å². The van der Waals surface area contributed by atoms with Gasteiger partial charge < -0.3 is 0 Å². The fourth-order valence-electron chi connectivity index (χ4n) is 3.05. The van der Waals surface area contributed by atoms with E-state index in [4.69, 9.17) is 23.2 Å². The highest BCUT2D eigenvalue weighted by Crippen LogP contribution is 2.30. The van der Waals surface area contributed by atoms with Gasteiger partial charge in [0.1, 0.15) is 4.90 Å². The number of aryl methyl sites for hydroxylation is 2. The average molecular weight is 507 g/mol. The molecule has 0 aliphatic heterocycles. The summed E-state index contributed by atoms with van der Waals surface area (Å²) in [7, 11) is -4.19. The molecule has 33 heavy (non-hydrogen) atoms. The molecule has 0 aromatic heterocycles. The molecule has 0 bridgehead atoms. The van der Waals surface area contributed by atoms with Crippen molar-refractivity contribution in [2.75, 3.05) is 10.1 Å². The molecule has 8 nitrogen and oxygen atoms in total. The Morgan fingerprint density at radius 3 is 2.33 bits per heavy atom. The third-order valence-corrected chi connectivity index (χ3v) is 6.71. The number of halogens is 2. The zero-order valence-electron chi connectivity index (χ0n) is 17.9. The van der Waals surface area contributed by atoms with Crippen LogP contribution in [0.3, 0.4) is 0 Å². The van der Waals surface area contributed by atoms with E-state index >= 15 is 0 Å². The van der Waals surface area contributed by atoms with Crippen molar-refractivity contribution in [1.82, 2.24) is 0 Å². The van der Waals surface area contributed by atoms with Gasteiger partial charge in [-0.05, 0) is 50.6 Å².